The second-order valence-corrected chi connectivity index (χ2v) is 5.89. The van der Waals surface area contributed by atoms with Crippen LogP contribution in [0.2, 0.25) is 0 Å². The number of carbonyl (C=O) groups is 2. The fraction of sp³-hybridized carbons (Fsp3) is 0.500. The summed E-state index contributed by atoms with van der Waals surface area (Å²) >= 11 is 0. The number of amides is 2. The minimum atomic E-state index is -0.296. The van der Waals surface area contributed by atoms with E-state index in [-0.39, 0.29) is 24.1 Å². The van der Waals surface area contributed by atoms with Crippen molar-refractivity contribution in [3.63, 3.8) is 0 Å². The Kier molecular flexibility index (Phi) is 3.82. The number of nitrogens with one attached hydrogen (secondary N) is 1. The Morgan fingerprint density at radius 1 is 1.29 bits per heavy atom. The molecule has 112 valence electrons. The Morgan fingerprint density at radius 3 is 2.86 bits per heavy atom. The highest BCUT2D eigenvalue weighted by Gasteiger charge is 2.43. The molecule has 0 saturated carbocycles. The van der Waals surface area contributed by atoms with Crippen LogP contribution in [0.5, 0.6) is 0 Å². The maximum Gasteiger partial charge on any atom is 0.410 e. The van der Waals surface area contributed by atoms with Crippen molar-refractivity contribution < 1.29 is 14.3 Å². The van der Waals surface area contributed by atoms with Gasteiger partial charge in [-0.3, -0.25) is 4.79 Å². The van der Waals surface area contributed by atoms with Gasteiger partial charge < -0.3 is 15.0 Å². The first-order chi connectivity index (χ1) is 10.2. The quantitative estimate of drug-likeness (QED) is 0.906. The van der Waals surface area contributed by atoms with E-state index in [9.17, 15) is 9.59 Å². The predicted molar refractivity (Wildman–Crippen MR) is 77.5 cm³/mol. The number of hydrogen-bond acceptors (Lipinski definition) is 3. The Morgan fingerprint density at radius 2 is 2.10 bits per heavy atom. The van der Waals surface area contributed by atoms with Gasteiger partial charge in [0.25, 0.3) is 0 Å². The molecule has 0 aliphatic carbocycles. The number of benzene rings is 1. The summed E-state index contributed by atoms with van der Waals surface area (Å²) < 4.78 is 5.35. The van der Waals surface area contributed by atoms with Gasteiger partial charge in [-0.15, -0.1) is 0 Å². The Balaban J connectivity index is 1.53. The SMILES string of the molecule is O=C1CCC[C@@]2(CCN(C(=O)OCc3ccccc3)C2)N1. The number of likely N-dealkylation sites (tertiary alicyclic amines) is 1. The highest BCUT2D eigenvalue weighted by Crippen LogP contribution is 2.30. The minimum absolute atomic E-state index is 0.0979. The molecule has 0 aromatic heterocycles. The third kappa shape index (κ3) is 3.17. The molecule has 1 spiro atoms. The topological polar surface area (TPSA) is 58.6 Å². The fourth-order valence-corrected chi connectivity index (χ4v) is 3.15. The molecule has 0 unspecified atom stereocenters. The zero-order valence-electron chi connectivity index (χ0n) is 12.0. The first kappa shape index (κ1) is 13.9. The van der Waals surface area contributed by atoms with E-state index in [0.717, 1.165) is 24.8 Å². The van der Waals surface area contributed by atoms with Gasteiger partial charge in [0.2, 0.25) is 5.91 Å². The van der Waals surface area contributed by atoms with Crippen molar-refractivity contribution in [2.24, 2.45) is 0 Å². The van der Waals surface area contributed by atoms with Gasteiger partial charge in [0.15, 0.2) is 0 Å². The molecule has 2 saturated heterocycles. The van der Waals surface area contributed by atoms with Crippen LogP contribution >= 0.6 is 0 Å². The van der Waals surface area contributed by atoms with E-state index >= 15 is 0 Å². The second kappa shape index (κ2) is 5.76. The minimum Gasteiger partial charge on any atom is -0.445 e. The molecule has 1 aromatic carbocycles. The third-order valence-corrected chi connectivity index (χ3v) is 4.28. The summed E-state index contributed by atoms with van der Waals surface area (Å²) in [6.45, 7) is 1.50. The van der Waals surface area contributed by atoms with Crippen LogP contribution in [0, 0.1) is 0 Å². The average Bonchev–Trinajstić information content (AvgIpc) is 2.89. The fourth-order valence-electron chi connectivity index (χ4n) is 3.15. The summed E-state index contributed by atoms with van der Waals surface area (Å²) in [5.41, 5.74) is 0.756. The summed E-state index contributed by atoms with van der Waals surface area (Å²) in [6, 6.07) is 9.64. The second-order valence-electron chi connectivity index (χ2n) is 5.89. The molecule has 0 radical (unpaired) electrons. The lowest BCUT2D eigenvalue weighted by Crippen LogP contribution is -2.53. The maximum atomic E-state index is 12.1. The van der Waals surface area contributed by atoms with Gasteiger partial charge in [0, 0.05) is 19.5 Å². The lowest BCUT2D eigenvalue weighted by molar-refractivity contribution is -0.124. The van der Waals surface area contributed by atoms with E-state index < -0.39 is 0 Å². The van der Waals surface area contributed by atoms with Crippen molar-refractivity contribution in [2.75, 3.05) is 13.1 Å². The van der Waals surface area contributed by atoms with Gasteiger partial charge in [0.05, 0.1) is 5.54 Å². The van der Waals surface area contributed by atoms with Crippen LogP contribution in [0.25, 0.3) is 0 Å². The molecule has 2 aliphatic heterocycles. The van der Waals surface area contributed by atoms with E-state index in [1.807, 2.05) is 30.3 Å². The first-order valence-corrected chi connectivity index (χ1v) is 7.44. The predicted octanol–water partition coefficient (Wildman–Crippen LogP) is 2.07. The molecule has 1 aromatic rings. The van der Waals surface area contributed by atoms with Crippen LogP contribution in [0.4, 0.5) is 4.79 Å². The molecule has 5 nitrogen and oxygen atoms in total. The van der Waals surface area contributed by atoms with Gasteiger partial charge in [-0.2, -0.15) is 0 Å². The van der Waals surface area contributed by atoms with Crippen LogP contribution in [0.1, 0.15) is 31.2 Å². The van der Waals surface area contributed by atoms with Crippen molar-refractivity contribution in [1.29, 1.82) is 0 Å². The highest BCUT2D eigenvalue weighted by molar-refractivity contribution is 5.78. The van der Waals surface area contributed by atoms with Gasteiger partial charge in [-0.25, -0.2) is 4.79 Å². The van der Waals surface area contributed by atoms with Crippen molar-refractivity contribution in [3.05, 3.63) is 35.9 Å². The summed E-state index contributed by atoms with van der Waals surface area (Å²) in [5.74, 6) is 0.0979. The molecule has 1 atom stereocenters. The van der Waals surface area contributed by atoms with Gasteiger partial charge in [0.1, 0.15) is 6.61 Å². The van der Waals surface area contributed by atoms with Crippen LogP contribution in [0.15, 0.2) is 30.3 Å². The molecule has 2 heterocycles. The smallest absolute Gasteiger partial charge is 0.410 e. The molecule has 21 heavy (non-hydrogen) atoms. The van der Waals surface area contributed by atoms with Crippen molar-refractivity contribution >= 4 is 12.0 Å². The van der Waals surface area contributed by atoms with E-state index in [4.69, 9.17) is 4.74 Å². The summed E-state index contributed by atoms with van der Waals surface area (Å²) in [7, 11) is 0. The van der Waals surface area contributed by atoms with E-state index in [2.05, 4.69) is 5.32 Å². The van der Waals surface area contributed by atoms with Crippen molar-refractivity contribution in [1.82, 2.24) is 10.2 Å². The average molecular weight is 288 g/mol. The standard InChI is InChI=1S/C16H20N2O3/c19-14-7-4-8-16(17-14)9-10-18(12-16)15(20)21-11-13-5-2-1-3-6-13/h1-3,5-6H,4,7-12H2,(H,17,19)/t16-/m0/s1. The maximum absolute atomic E-state index is 12.1. The van der Waals surface area contributed by atoms with E-state index in [1.165, 1.54) is 0 Å². The van der Waals surface area contributed by atoms with Crippen LogP contribution < -0.4 is 5.32 Å². The molecule has 2 amide bonds. The molecule has 2 aliphatic rings. The molecular weight excluding hydrogens is 268 g/mol. The van der Waals surface area contributed by atoms with Crippen LogP contribution in [0.3, 0.4) is 0 Å². The molecule has 2 fully saturated rings. The number of carbonyl (C=O) groups excluding carboxylic acids is 2. The molecule has 0 bridgehead atoms. The molecule has 5 heteroatoms. The zero-order chi connectivity index (χ0) is 14.7. The van der Waals surface area contributed by atoms with E-state index in [1.54, 1.807) is 4.90 Å². The first-order valence-electron chi connectivity index (χ1n) is 7.44. The van der Waals surface area contributed by atoms with E-state index in [0.29, 0.717) is 19.5 Å². The monoisotopic (exact) mass is 288 g/mol. The lowest BCUT2D eigenvalue weighted by atomic mass is 9.88. The number of hydrogen-bond donors (Lipinski definition) is 1. The Bertz CT molecular complexity index is 532. The summed E-state index contributed by atoms with van der Waals surface area (Å²) in [6.07, 6.45) is 2.97. The number of rotatable bonds is 2. The Hall–Kier alpha value is -2.04. The number of piperidine rings is 1. The third-order valence-electron chi connectivity index (χ3n) is 4.28. The lowest BCUT2D eigenvalue weighted by Gasteiger charge is -2.34. The van der Waals surface area contributed by atoms with Crippen LogP contribution in [-0.2, 0) is 16.1 Å². The van der Waals surface area contributed by atoms with Gasteiger partial charge in [-0.05, 0) is 24.8 Å². The summed E-state index contributed by atoms with van der Waals surface area (Å²) in [5, 5.41) is 3.06. The van der Waals surface area contributed by atoms with Gasteiger partial charge >= 0.3 is 6.09 Å². The largest absolute Gasteiger partial charge is 0.445 e. The van der Waals surface area contributed by atoms with Crippen molar-refractivity contribution in [2.45, 2.75) is 37.8 Å². The van der Waals surface area contributed by atoms with Crippen LogP contribution in [-0.4, -0.2) is 35.5 Å². The zero-order valence-corrected chi connectivity index (χ0v) is 12.0. The normalized spacial score (nSPS) is 25.0. The number of ether oxygens (including phenoxy) is 1. The summed E-state index contributed by atoms with van der Waals surface area (Å²) in [4.78, 5) is 25.4. The molecule has 3 rings (SSSR count). The van der Waals surface area contributed by atoms with Crippen molar-refractivity contribution in [3.8, 4) is 0 Å². The highest BCUT2D eigenvalue weighted by atomic mass is 16.6. The number of nitrogens with zero attached hydrogens (tertiary/aromatic N) is 1. The molecule has 1 N–H and O–H groups in total. The van der Waals surface area contributed by atoms with Gasteiger partial charge in [-0.1, -0.05) is 30.3 Å². The molecular formula is C16H20N2O3. The Labute approximate surface area is 124 Å².